The molecule has 1 atom stereocenters. The molecule has 0 aromatic heterocycles. The number of ether oxygens (including phenoxy) is 1. The number of nitrogens with two attached hydrogens (primary N) is 1. The van der Waals surface area contributed by atoms with Crippen LogP contribution < -0.4 is 15.8 Å². The van der Waals surface area contributed by atoms with Crippen LogP contribution in [-0.2, 0) is 4.79 Å². The second-order valence-electron chi connectivity index (χ2n) is 3.78. The Labute approximate surface area is 104 Å². The molecule has 0 fully saturated rings. The molecular weight excluding hydrogens is 242 g/mol. The first-order valence-electron chi connectivity index (χ1n) is 5.57. The van der Waals surface area contributed by atoms with Crippen LogP contribution in [0.15, 0.2) is 24.3 Å². The molecule has 100 valence electrons. The zero-order valence-electron chi connectivity index (χ0n) is 10.0. The molecule has 0 saturated heterocycles. The molecule has 0 saturated carbocycles. The van der Waals surface area contributed by atoms with Gasteiger partial charge < -0.3 is 15.8 Å². The van der Waals surface area contributed by atoms with Gasteiger partial charge in [0.05, 0.1) is 6.04 Å². The van der Waals surface area contributed by atoms with Gasteiger partial charge in [-0.05, 0) is 24.6 Å². The van der Waals surface area contributed by atoms with Crippen molar-refractivity contribution in [2.45, 2.75) is 26.0 Å². The quantitative estimate of drug-likeness (QED) is 0.818. The highest BCUT2D eigenvalue weighted by Gasteiger charge is 2.11. The van der Waals surface area contributed by atoms with E-state index >= 15 is 0 Å². The Morgan fingerprint density at radius 1 is 1.50 bits per heavy atom. The number of benzene rings is 1. The fourth-order valence-electron chi connectivity index (χ4n) is 1.49. The minimum Gasteiger partial charge on any atom is -0.435 e. The third-order valence-corrected chi connectivity index (χ3v) is 2.33. The van der Waals surface area contributed by atoms with Crippen LogP contribution in [0.3, 0.4) is 0 Å². The average Bonchev–Trinajstić information content (AvgIpc) is 2.28. The van der Waals surface area contributed by atoms with E-state index in [0.29, 0.717) is 5.56 Å². The molecule has 1 aromatic rings. The summed E-state index contributed by atoms with van der Waals surface area (Å²) in [5.41, 5.74) is 5.95. The van der Waals surface area contributed by atoms with Gasteiger partial charge in [-0.1, -0.05) is 12.1 Å². The second kappa shape index (κ2) is 6.90. The van der Waals surface area contributed by atoms with Crippen molar-refractivity contribution in [3.05, 3.63) is 29.8 Å². The van der Waals surface area contributed by atoms with Gasteiger partial charge in [0.2, 0.25) is 5.91 Å². The minimum atomic E-state index is -2.86. The van der Waals surface area contributed by atoms with E-state index in [1.807, 2.05) is 0 Å². The van der Waals surface area contributed by atoms with Crippen LogP contribution in [0.1, 0.15) is 24.9 Å². The molecule has 0 heterocycles. The van der Waals surface area contributed by atoms with Crippen LogP contribution in [0.4, 0.5) is 8.78 Å². The lowest BCUT2D eigenvalue weighted by Crippen LogP contribution is -2.28. The van der Waals surface area contributed by atoms with Crippen LogP contribution in [0.5, 0.6) is 5.75 Å². The number of carbonyl (C=O) groups is 1. The van der Waals surface area contributed by atoms with E-state index in [1.165, 1.54) is 12.1 Å². The monoisotopic (exact) mass is 258 g/mol. The molecule has 0 bridgehead atoms. The molecule has 0 aliphatic rings. The van der Waals surface area contributed by atoms with E-state index in [0.717, 1.165) is 0 Å². The first-order valence-corrected chi connectivity index (χ1v) is 5.57. The Morgan fingerprint density at radius 3 is 2.83 bits per heavy atom. The summed E-state index contributed by atoms with van der Waals surface area (Å²) in [4.78, 5) is 11.3. The van der Waals surface area contributed by atoms with Crippen LogP contribution in [0.25, 0.3) is 0 Å². The summed E-state index contributed by atoms with van der Waals surface area (Å²) in [5, 5.41) is 2.72. The predicted molar refractivity (Wildman–Crippen MR) is 63.3 cm³/mol. The SMILES string of the molecule is CC(NC(=O)CCN)c1cccc(OC(F)F)c1. The number of halogens is 2. The number of hydrogen-bond acceptors (Lipinski definition) is 3. The van der Waals surface area contributed by atoms with Crippen molar-refractivity contribution in [2.24, 2.45) is 5.73 Å². The molecule has 6 heteroatoms. The molecule has 18 heavy (non-hydrogen) atoms. The highest BCUT2D eigenvalue weighted by molar-refractivity contribution is 5.76. The van der Waals surface area contributed by atoms with Gasteiger partial charge in [-0.25, -0.2) is 0 Å². The summed E-state index contributed by atoms with van der Waals surface area (Å²) in [5.74, 6) is -0.104. The fourth-order valence-corrected chi connectivity index (χ4v) is 1.49. The normalized spacial score (nSPS) is 12.3. The smallest absolute Gasteiger partial charge is 0.387 e. The molecule has 3 N–H and O–H groups in total. The number of hydrogen-bond donors (Lipinski definition) is 2. The van der Waals surface area contributed by atoms with Gasteiger partial charge in [-0.3, -0.25) is 4.79 Å². The molecule has 0 radical (unpaired) electrons. The van der Waals surface area contributed by atoms with E-state index in [2.05, 4.69) is 10.1 Å². The Morgan fingerprint density at radius 2 is 2.22 bits per heavy atom. The van der Waals surface area contributed by atoms with Crippen molar-refractivity contribution in [3.8, 4) is 5.75 Å². The Bertz CT molecular complexity index is 399. The molecule has 0 aliphatic heterocycles. The molecule has 1 aromatic carbocycles. The zero-order chi connectivity index (χ0) is 13.5. The van der Waals surface area contributed by atoms with Gasteiger partial charge in [-0.2, -0.15) is 8.78 Å². The second-order valence-corrected chi connectivity index (χ2v) is 3.78. The van der Waals surface area contributed by atoms with Gasteiger partial charge >= 0.3 is 6.61 Å². The van der Waals surface area contributed by atoms with Gasteiger partial charge in [-0.15, -0.1) is 0 Å². The molecule has 1 amide bonds. The number of alkyl halides is 2. The molecule has 0 spiro atoms. The lowest BCUT2D eigenvalue weighted by Gasteiger charge is -2.15. The summed E-state index contributed by atoms with van der Waals surface area (Å²) in [6.07, 6.45) is 0.234. The maximum absolute atomic E-state index is 12.1. The van der Waals surface area contributed by atoms with Gasteiger partial charge in [0.15, 0.2) is 0 Å². The largest absolute Gasteiger partial charge is 0.435 e. The zero-order valence-corrected chi connectivity index (χ0v) is 10.0. The maximum atomic E-state index is 12.1. The van der Waals surface area contributed by atoms with Crippen molar-refractivity contribution in [1.82, 2.24) is 5.32 Å². The molecule has 1 rings (SSSR count). The Balaban J connectivity index is 2.67. The first-order chi connectivity index (χ1) is 8.52. The molecule has 0 aliphatic carbocycles. The summed E-state index contributed by atoms with van der Waals surface area (Å²) >= 11 is 0. The number of rotatable bonds is 6. The van der Waals surface area contributed by atoms with Crippen molar-refractivity contribution >= 4 is 5.91 Å². The lowest BCUT2D eigenvalue weighted by molar-refractivity contribution is -0.121. The van der Waals surface area contributed by atoms with Crippen molar-refractivity contribution in [3.63, 3.8) is 0 Å². The van der Waals surface area contributed by atoms with Crippen LogP contribution in [-0.4, -0.2) is 19.1 Å². The van der Waals surface area contributed by atoms with E-state index in [-0.39, 0.29) is 30.7 Å². The van der Waals surface area contributed by atoms with Crippen molar-refractivity contribution < 1.29 is 18.3 Å². The standard InChI is InChI=1S/C12H16F2N2O2/c1-8(16-11(17)5-6-15)9-3-2-4-10(7-9)18-12(13)14/h2-4,7-8,12H,5-6,15H2,1H3,(H,16,17). The van der Waals surface area contributed by atoms with E-state index in [9.17, 15) is 13.6 Å². The van der Waals surface area contributed by atoms with Crippen molar-refractivity contribution in [1.29, 1.82) is 0 Å². The van der Waals surface area contributed by atoms with Crippen molar-refractivity contribution in [2.75, 3.05) is 6.54 Å². The third-order valence-electron chi connectivity index (χ3n) is 2.33. The number of nitrogens with one attached hydrogen (secondary N) is 1. The van der Waals surface area contributed by atoms with Gasteiger partial charge in [0.25, 0.3) is 0 Å². The van der Waals surface area contributed by atoms with Crippen LogP contribution in [0, 0.1) is 0 Å². The average molecular weight is 258 g/mol. The molecule has 4 nitrogen and oxygen atoms in total. The van der Waals surface area contributed by atoms with Crippen LogP contribution in [0.2, 0.25) is 0 Å². The highest BCUT2D eigenvalue weighted by Crippen LogP contribution is 2.20. The molecule has 1 unspecified atom stereocenters. The summed E-state index contributed by atoms with van der Waals surface area (Å²) in [6.45, 7) is -0.828. The van der Waals surface area contributed by atoms with Crippen LogP contribution >= 0.6 is 0 Å². The number of carbonyl (C=O) groups excluding carboxylic acids is 1. The Hall–Kier alpha value is -1.69. The summed E-state index contributed by atoms with van der Waals surface area (Å²) < 4.78 is 28.4. The topological polar surface area (TPSA) is 64.4 Å². The predicted octanol–water partition coefficient (Wildman–Crippen LogP) is 1.81. The first kappa shape index (κ1) is 14.4. The lowest BCUT2D eigenvalue weighted by atomic mass is 10.1. The summed E-state index contributed by atoms with van der Waals surface area (Å²) in [6, 6.07) is 5.94. The van der Waals surface area contributed by atoms with E-state index in [1.54, 1.807) is 19.1 Å². The van der Waals surface area contributed by atoms with E-state index in [4.69, 9.17) is 5.73 Å². The highest BCUT2D eigenvalue weighted by atomic mass is 19.3. The maximum Gasteiger partial charge on any atom is 0.387 e. The fraction of sp³-hybridized carbons (Fsp3) is 0.417. The van der Waals surface area contributed by atoms with E-state index < -0.39 is 6.61 Å². The number of amides is 1. The third kappa shape index (κ3) is 4.67. The summed E-state index contributed by atoms with van der Waals surface area (Å²) in [7, 11) is 0. The minimum absolute atomic E-state index is 0.0717. The Kier molecular flexibility index (Phi) is 5.51. The molecular formula is C12H16F2N2O2. The van der Waals surface area contributed by atoms with Gasteiger partial charge in [0.1, 0.15) is 5.75 Å². The van der Waals surface area contributed by atoms with Gasteiger partial charge in [0, 0.05) is 13.0 Å².